The summed E-state index contributed by atoms with van der Waals surface area (Å²) >= 11 is 0. The van der Waals surface area contributed by atoms with Crippen molar-refractivity contribution in [1.29, 1.82) is 0 Å². The van der Waals surface area contributed by atoms with Crippen molar-refractivity contribution in [2.45, 2.75) is 44.4 Å². The zero-order valence-electron chi connectivity index (χ0n) is 13.2. The molecule has 21 heavy (non-hydrogen) atoms. The van der Waals surface area contributed by atoms with Gasteiger partial charge in [-0.3, -0.25) is 0 Å². The Kier molecular flexibility index (Phi) is 3.24. The molecule has 2 fully saturated rings. The van der Waals surface area contributed by atoms with Crippen LogP contribution in [0.2, 0.25) is 0 Å². The lowest BCUT2D eigenvalue weighted by Crippen LogP contribution is -2.47. The number of carbonyl (C=O) groups excluding carboxylic acids is 1. The molecule has 1 N–H and O–H groups in total. The van der Waals surface area contributed by atoms with Crippen LogP contribution in [0.1, 0.15) is 38.8 Å². The first-order valence-corrected chi connectivity index (χ1v) is 7.60. The van der Waals surface area contributed by atoms with E-state index in [1.54, 1.807) is 0 Å². The zero-order valence-corrected chi connectivity index (χ0v) is 13.2. The van der Waals surface area contributed by atoms with Crippen molar-refractivity contribution in [2.24, 2.45) is 5.92 Å². The second-order valence-corrected chi connectivity index (χ2v) is 7.18. The van der Waals surface area contributed by atoms with E-state index in [2.05, 4.69) is 17.4 Å². The van der Waals surface area contributed by atoms with Crippen LogP contribution in [-0.2, 0) is 4.74 Å². The van der Waals surface area contributed by atoms with Crippen LogP contribution in [0.15, 0.2) is 30.3 Å². The third kappa shape index (κ3) is 2.42. The first-order valence-electron chi connectivity index (χ1n) is 7.60. The van der Waals surface area contributed by atoms with Crippen molar-refractivity contribution in [3.05, 3.63) is 35.9 Å². The van der Waals surface area contributed by atoms with Crippen LogP contribution < -0.4 is 5.32 Å². The summed E-state index contributed by atoms with van der Waals surface area (Å²) in [6.07, 6.45) is 0.824. The summed E-state index contributed by atoms with van der Waals surface area (Å²) < 4.78 is 5.55. The Morgan fingerprint density at radius 3 is 2.57 bits per heavy atom. The Balaban J connectivity index is 1.82. The topological polar surface area (TPSA) is 41.6 Å². The predicted octanol–water partition coefficient (Wildman–Crippen LogP) is 2.96. The minimum atomic E-state index is -0.458. The van der Waals surface area contributed by atoms with Gasteiger partial charge in [0.1, 0.15) is 5.60 Å². The smallest absolute Gasteiger partial charge is 0.410 e. The van der Waals surface area contributed by atoms with Gasteiger partial charge in [0, 0.05) is 13.6 Å². The van der Waals surface area contributed by atoms with Crippen molar-refractivity contribution in [1.82, 2.24) is 10.2 Å². The molecule has 4 heteroatoms. The summed E-state index contributed by atoms with van der Waals surface area (Å²) in [6, 6.07) is 10.6. The molecule has 1 heterocycles. The first-order chi connectivity index (χ1) is 9.84. The largest absolute Gasteiger partial charge is 0.444 e. The highest BCUT2D eigenvalue weighted by molar-refractivity contribution is 5.70. The fraction of sp³-hybridized carbons (Fsp3) is 0.588. The van der Waals surface area contributed by atoms with Crippen molar-refractivity contribution in [3.8, 4) is 0 Å². The van der Waals surface area contributed by atoms with Gasteiger partial charge in [-0.05, 0) is 38.7 Å². The number of carbonyl (C=O) groups is 1. The number of hydrogen-bond donors (Lipinski definition) is 1. The average Bonchev–Trinajstić information content (AvgIpc) is 3.03. The summed E-state index contributed by atoms with van der Waals surface area (Å²) in [6.45, 7) is 6.68. The van der Waals surface area contributed by atoms with E-state index < -0.39 is 5.60 Å². The normalized spacial score (nSPS) is 30.7. The molecule has 1 aliphatic carbocycles. The monoisotopic (exact) mass is 288 g/mol. The molecule has 1 saturated heterocycles. The quantitative estimate of drug-likeness (QED) is 0.909. The number of hydrogen-bond acceptors (Lipinski definition) is 3. The lowest BCUT2D eigenvalue weighted by Gasteiger charge is -2.34. The van der Waals surface area contributed by atoms with E-state index in [1.165, 1.54) is 5.56 Å². The third-order valence-corrected chi connectivity index (χ3v) is 4.61. The Bertz CT molecular complexity index is 537. The van der Waals surface area contributed by atoms with Gasteiger partial charge in [0.15, 0.2) is 0 Å². The maximum atomic E-state index is 12.4. The van der Waals surface area contributed by atoms with Crippen molar-refractivity contribution in [3.63, 3.8) is 0 Å². The molecule has 0 radical (unpaired) electrons. The van der Waals surface area contributed by atoms with Gasteiger partial charge in [0.25, 0.3) is 0 Å². The molecule has 1 aromatic carbocycles. The van der Waals surface area contributed by atoms with Gasteiger partial charge in [0.2, 0.25) is 0 Å². The molecule has 114 valence electrons. The summed E-state index contributed by atoms with van der Waals surface area (Å²) in [4.78, 5) is 14.3. The van der Waals surface area contributed by atoms with Gasteiger partial charge in [-0.1, -0.05) is 30.3 Å². The number of rotatable bonds is 2. The summed E-state index contributed by atoms with van der Waals surface area (Å²) in [5, 5.41) is 3.56. The molecule has 3 atom stereocenters. The standard InChI is InChI=1S/C17H24N2O2/c1-16(2,3)21-15(20)19(4)17-10-13(17)11-18-14(17)12-8-6-5-7-9-12/h5-9,13-14,18H,10-11H2,1-4H3/t13-,14-,17-/m1/s1. The lowest BCUT2D eigenvalue weighted by molar-refractivity contribution is 0.0161. The van der Waals surface area contributed by atoms with E-state index in [1.807, 2.05) is 50.9 Å². The summed E-state index contributed by atoms with van der Waals surface area (Å²) in [5.74, 6) is 0.528. The Morgan fingerprint density at radius 1 is 1.33 bits per heavy atom. The SMILES string of the molecule is CN(C(=O)OC(C)(C)C)[C@]12C[C@@H]1CN[C@@H]2c1ccccc1. The molecule has 2 aliphatic rings. The highest BCUT2D eigenvalue weighted by Crippen LogP contribution is 2.59. The number of nitrogens with zero attached hydrogens (tertiary/aromatic N) is 1. The number of nitrogens with one attached hydrogen (secondary N) is 1. The average molecular weight is 288 g/mol. The second-order valence-electron chi connectivity index (χ2n) is 7.18. The Morgan fingerprint density at radius 2 is 2.00 bits per heavy atom. The van der Waals surface area contributed by atoms with E-state index in [9.17, 15) is 4.79 Å². The molecule has 0 bridgehead atoms. The van der Waals surface area contributed by atoms with Gasteiger partial charge in [0.05, 0.1) is 11.6 Å². The van der Waals surface area contributed by atoms with Crippen LogP contribution in [0.4, 0.5) is 4.79 Å². The van der Waals surface area contributed by atoms with Crippen LogP contribution in [0.3, 0.4) is 0 Å². The molecule has 0 spiro atoms. The highest BCUT2D eigenvalue weighted by Gasteiger charge is 2.67. The van der Waals surface area contributed by atoms with Crippen molar-refractivity contribution < 1.29 is 9.53 Å². The predicted molar refractivity (Wildman–Crippen MR) is 82.0 cm³/mol. The van der Waals surface area contributed by atoms with E-state index in [-0.39, 0.29) is 17.7 Å². The van der Waals surface area contributed by atoms with Gasteiger partial charge < -0.3 is 15.0 Å². The van der Waals surface area contributed by atoms with Crippen LogP contribution in [0, 0.1) is 5.92 Å². The number of fused-ring (bicyclic) bond motifs is 1. The number of likely N-dealkylation sites (N-methyl/N-ethyl adjacent to an activating group) is 1. The number of benzene rings is 1. The van der Waals surface area contributed by atoms with Gasteiger partial charge in [-0.15, -0.1) is 0 Å². The molecular formula is C17H24N2O2. The van der Waals surface area contributed by atoms with Crippen LogP contribution in [0.5, 0.6) is 0 Å². The van der Waals surface area contributed by atoms with E-state index in [4.69, 9.17) is 4.74 Å². The fourth-order valence-electron chi connectivity index (χ4n) is 3.53. The Labute approximate surface area is 126 Å². The highest BCUT2D eigenvalue weighted by atomic mass is 16.6. The molecule has 3 rings (SSSR count). The summed E-state index contributed by atoms with van der Waals surface area (Å²) in [5.41, 5.74) is 0.664. The number of amides is 1. The minimum Gasteiger partial charge on any atom is -0.444 e. The molecule has 1 aromatic rings. The number of piperidine rings is 1. The van der Waals surface area contributed by atoms with Crippen LogP contribution >= 0.6 is 0 Å². The molecule has 1 amide bonds. The Hall–Kier alpha value is -1.55. The van der Waals surface area contributed by atoms with E-state index in [0.717, 1.165) is 13.0 Å². The van der Waals surface area contributed by atoms with Gasteiger partial charge >= 0.3 is 6.09 Å². The second kappa shape index (κ2) is 4.73. The molecule has 1 aliphatic heterocycles. The van der Waals surface area contributed by atoms with Crippen LogP contribution in [-0.4, -0.2) is 35.7 Å². The molecule has 0 unspecified atom stereocenters. The van der Waals surface area contributed by atoms with E-state index >= 15 is 0 Å². The third-order valence-electron chi connectivity index (χ3n) is 4.61. The molecular weight excluding hydrogens is 264 g/mol. The maximum Gasteiger partial charge on any atom is 0.410 e. The summed E-state index contributed by atoms with van der Waals surface area (Å²) in [7, 11) is 1.87. The molecule has 0 aromatic heterocycles. The lowest BCUT2D eigenvalue weighted by atomic mass is 9.97. The van der Waals surface area contributed by atoms with Crippen molar-refractivity contribution in [2.75, 3.05) is 13.6 Å². The van der Waals surface area contributed by atoms with Crippen LogP contribution in [0.25, 0.3) is 0 Å². The number of ether oxygens (including phenoxy) is 1. The molecule has 4 nitrogen and oxygen atoms in total. The minimum absolute atomic E-state index is 0.121. The molecule has 1 saturated carbocycles. The van der Waals surface area contributed by atoms with E-state index in [0.29, 0.717) is 5.92 Å². The van der Waals surface area contributed by atoms with Gasteiger partial charge in [-0.25, -0.2) is 4.79 Å². The maximum absolute atomic E-state index is 12.4. The fourth-order valence-corrected chi connectivity index (χ4v) is 3.53. The first kappa shape index (κ1) is 14.4. The zero-order chi connectivity index (χ0) is 15.3. The van der Waals surface area contributed by atoms with Crippen molar-refractivity contribution >= 4 is 6.09 Å². The van der Waals surface area contributed by atoms with Gasteiger partial charge in [-0.2, -0.15) is 0 Å².